The SMILES string of the molecule is Cc1cc(C)c(C(F)F)c(C(N)=O)n1. The van der Waals surface area contributed by atoms with Crippen molar-refractivity contribution >= 4 is 5.91 Å². The second-order valence-electron chi connectivity index (χ2n) is 3.01. The van der Waals surface area contributed by atoms with Crippen LogP contribution < -0.4 is 5.73 Å². The first kappa shape index (κ1) is 10.6. The molecule has 0 aliphatic rings. The van der Waals surface area contributed by atoms with Crippen LogP contribution in [0.5, 0.6) is 0 Å². The fourth-order valence-corrected chi connectivity index (χ4v) is 1.31. The molecule has 1 aromatic rings. The lowest BCUT2D eigenvalue weighted by molar-refractivity contribution is 0.0979. The minimum atomic E-state index is -2.73. The topological polar surface area (TPSA) is 56.0 Å². The minimum Gasteiger partial charge on any atom is -0.364 e. The molecule has 0 radical (unpaired) electrons. The number of carbonyl (C=O) groups is 1. The van der Waals surface area contributed by atoms with E-state index in [0.29, 0.717) is 11.3 Å². The number of nitrogens with zero attached hydrogens (tertiary/aromatic N) is 1. The Balaban J connectivity index is 3.44. The van der Waals surface area contributed by atoms with E-state index in [1.165, 1.54) is 13.0 Å². The van der Waals surface area contributed by atoms with Crippen LogP contribution in [0, 0.1) is 13.8 Å². The number of aromatic nitrogens is 1. The summed E-state index contributed by atoms with van der Waals surface area (Å²) in [6.07, 6.45) is -2.73. The van der Waals surface area contributed by atoms with Crippen LogP contribution in [0.15, 0.2) is 6.07 Å². The van der Waals surface area contributed by atoms with Crippen LogP contribution in [0.1, 0.15) is 33.7 Å². The van der Waals surface area contributed by atoms with Crippen LogP contribution in [0.2, 0.25) is 0 Å². The summed E-state index contributed by atoms with van der Waals surface area (Å²) in [5.41, 5.74) is 5.08. The number of carbonyl (C=O) groups excluding carboxylic acids is 1. The number of hydrogen-bond acceptors (Lipinski definition) is 2. The maximum absolute atomic E-state index is 12.5. The van der Waals surface area contributed by atoms with E-state index in [1.807, 2.05) is 0 Å². The maximum Gasteiger partial charge on any atom is 0.267 e. The van der Waals surface area contributed by atoms with Gasteiger partial charge in [-0.3, -0.25) is 4.79 Å². The molecular weight excluding hydrogens is 190 g/mol. The molecule has 0 saturated carbocycles. The van der Waals surface area contributed by atoms with Crippen molar-refractivity contribution in [1.82, 2.24) is 4.98 Å². The first-order valence-electron chi connectivity index (χ1n) is 3.99. The van der Waals surface area contributed by atoms with Crippen molar-refractivity contribution in [3.05, 3.63) is 28.6 Å². The molecule has 0 bridgehead atoms. The molecule has 0 aliphatic carbocycles. The van der Waals surface area contributed by atoms with Crippen LogP contribution in [0.3, 0.4) is 0 Å². The van der Waals surface area contributed by atoms with E-state index in [9.17, 15) is 13.6 Å². The molecule has 5 heteroatoms. The number of pyridine rings is 1. The van der Waals surface area contributed by atoms with Gasteiger partial charge in [-0.2, -0.15) is 0 Å². The van der Waals surface area contributed by atoms with Gasteiger partial charge in [0.1, 0.15) is 5.69 Å². The van der Waals surface area contributed by atoms with Crippen LogP contribution in [-0.4, -0.2) is 10.9 Å². The molecular formula is C9H10F2N2O. The smallest absolute Gasteiger partial charge is 0.267 e. The summed E-state index contributed by atoms with van der Waals surface area (Å²) in [6, 6.07) is 1.49. The summed E-state index contributed by atoms with van der Waals surface area (Å²) in [5, 5.41) is 0. The van der Waals surface area contributed by atoms with Crippen molar-refractivity contribution in [2.45, 2.75) is 20.3 Å². The number of rotatable bonds is 2. The van der Waals surface area contributed by atoms with E-state index in [4.69, 9.17) is 5.73 Å². The van der Waals surface area contributed by atoms with E-state index in [0.717, 1.165) is 0 Å². The van der Waals surface area contributed by atoms with Crippen molar-refractivity contribution in [3.8, 4) is 0 Å². The number of halogens is 2. The second kappa shape index (κ2) is 3.69. The van der Waals surface area contributed by atoms with Gasteiger partial charge in [0.15, 0.2) is 0 Å². The van der Waals surface area contributed by atoms with Crippen LogP contribution in [0.25, 0.3) is 0 Å². The Morgan fingerprint density at radius 3 is 2.50 bits per heavy atom. The Morgan fingerprint density at radius 1 is 1.50 bits per heavy atom. The molecule has 0 atom stereocenters. The number of alkyl halides is 2. The second-order valence-corrected chi connectivity index (χ2v) is 3.01. The zero-order chi connectivity index (χ0) is 10.9. The van der Waals surface area contributed by atoms with Crippen LogP contribution in [-0.2, 0) is 0 Å². The van der Waals surface area contributed by atoms with Gasteiger partial charge in [-0.1, -0.05) is 0 Å². The predicted octanol–water partition coefficient (Wildman–Crippen LogP) is 1.73. The molecule has 14 heavy (non-hydrogen) atoms. The van der Waals surface area contributed by atoms with Gasteiger partial charge in [0.05, 0.1) is 5.56 Å². The van der Waals surface area contributed by atoms with Crippen molar-refractivity contribution in [3.63, 3.8) is 0 Å². The van der Waals surface area contributed by atoms with E-state index < -0.39 is 12.3 Å². The highest BCUT2D eigenvalue weighted by Gasteiger charge is 2.20. The van der Waals surface area contributed by atoms with Gasteiger partial charge in [0, 0.05) is 5.69 Å². The minimum absolute atomic E-state index is 0.335. The summed E-state index contributed by atoms with van der Waals surface area (Å²) in [7, 11) is 0. The van der Waals surface area contributed by atoms with Crippen LogP contribution in [0.4, 0.5) is 8.78 Å². The lowest BCUT2D eigenvalue weighted by Gasteiger charge is -2.09. The standard InChI is InChI=1S/C9H10F2N2O/c1-4-3-5(2)13-7(9(12)14)6(4)8(10)11/h3,8H,1-2H3,(H2,12,14). The van der Waals surface area contributed by atoms with Gasteiger partial charge in [-0.25, -0.2) is 13.8 Å². The Labute approximate surface area is 79.9 Å². The van der Waals surface area contributed by atoms with Crippen molar-refractivity contribution < 1.29 is 13.6 Å². The highest BCUT2D eigenvalue weighted by Crippen LogP contribution is 2.25. The number of hydrogen-bond donors (Lipinski definition) is 1. The third kappa shape index (κ3) is 1.86. The van der Waals surface area contributed by atoms with Crippen molar-refractivity contribution in [2.75, 3.05) is 0 Å². The maximum atomic E-state index is 12.5. The van der Waals surface area contributed by atoms with Gasteiger partial charge < -0.3 is 5.73 Å². The lowest BCUT2D eigenvalue weighted by atomic mass is 10.1. The molecule has 0 aliphatic heterocycles. The molecule has 0 aromatic carbocycles. The number of aryl methyl sites for hydroxylation is 2. The first-order chi connectivity index (χ1) is 6.43. The zero-order valence-corrected chi connectivity index (χ0v) is 7.84. The number of primary amides is 1. The first-order valence-corrected chi connectivity index (χ1v) is 3.99. The van der Waals surface area contributed by atoms with Gasteiger partial charge in [0.2, 0.25) is 0 Å². The van der Waals surface area contributed by atoms with E-state index in [2.05, 4.69) is 4.98 Å². The van der Waals surface area contributed by atoms with E-state index in [1.54, 1.807) is 6.92 Å². The molecule has 0 unspecified atom stereocenters. The summed E-state index contributed by atoms with van der Waals surface area (Å²) in [6.45, 7) is 3.12. The fourth-order valence-electron chi connectivity index (χ4n) is 1.31. The highest BCUT2D eigenvalue weighted by atomic mass is 19.3. The Kier molecular flexibility index (Phi) is 2.78. The monoisotopic (exact) mass is 200 g/mol. The molecule has 0 spiro atoms. The highest BCUT2D eigenvalue weighted by molar-refractivity contribution is 5.92. The predicted molar refractivity (Wildman–Crippen MR) is 47.2 cm³/mol. The molecule has 3 nitrogen and oxygen atoms in total. The van der Waals surface area contributed by atoms with Crippen LogP contribution >= 0.6 is 0 Å². The molecule has 1 aromatic heterocycles. The molecule has 1 heterocycles. The van der Waals surface area contributed by atoms with Crippen molar-refractivity contribution in [1.29, 1.82) is 0 Å². The average molecular weight is 200 g/mol. The summed E-state index contributed by atoms with van der Waals surface area (Å²) in [5.74, 6) is -0.924. The summed E-state index contributed by atoms with van der Waals surface area (Å²) in [4.78, 5) is 14.6. The third-order valence-corrected chi connectivity index (χ3v) is 1.85. The average Bonchev–Trinajstić information content (AvgIpc) is 2.01. The Morgan fingerprint density at radius 2 is 2.07 bits per heavy atom. The quantitative estimate of drug-likeness (QED) is 0.790. The molecule has 0 saturated heterocycles. The number of nitrogens with two attached hydrogens (primary N) is 1. The lowest BCUT2D eigenvalue weighted by Crippen LogP contribution is -2.17. The molecule has 1 rings (SSSR count). The molecule has 2 N–H and O–H groups in total. The third-order valence-electron chi connectivity index (χ3n) is 1.85. The van der Waals surface area contributed by atoms with E-state index >= 15 is 0 Å². The van der Waals surface area contributed by atoms with Gasteiger partial charge in [-0.15, -0.1) is 0 Å². The largest absolute Gasteiger partial charge is 0.364 e. The van der Waals surface area contributed by atoms with Gasteiger partial charge in [-0.05, 0) is 25.5 Å². The Hall–Kier alpha value is -1.52. The summed E-state index contributed by atoms with van der Waals surface area (Å²) < 4.78 is 25.1. The van der Waals surface area contributed by atoms with Gasteiger partial charge in [0.25, 0.3) is 12.3 Å². The fraction of sp³-hybridized carbons (Fsp3) is 0.333. The molecule has 1 amide bonds. The molecule has 76 valence electrons. The molecule has 0 fully saturated rings. The normalized spacial score (nSPS) is 10.6. The summed E-state index contributed by atoms with van der Waals surface area (Å²) >= 11 is 0. The number of amides is 1. The van der Waals surface area contributed by atoms with Crippen molar-refractivity contribution in [2.24, 2.45) is 5.73 Å². The Bertz CT molecular complexity index is 377. The zero-order valence-electron chi connectivity index (χ0n) is 7.84. The van der Waals surface area contributed by atoms with Gasteiger partial charge >= 0.3 is 0 Å². The van der Waals surface area contributed by atoms with E-state index in [-0.39, 0.29) is 11.3 Å².